The minimum absolute atomic E-state index is 0.0157. The number of halogens is 1. The number of fused-ring (bicyclic) bond motifs is 3. The molecule has 3 heterocycles. The molecule has 0 saturated carbocycles. The van der Waals surface area contributed by atoms with Crippen LogP contribution in [0.25, 0.3) is 22.0 Å². The molecule has 0 atom stereocenters. The van der Waals surface area contributed by atoms with Crippen LogP contribution in [0.4, 0.5) is 17.2 Å². The number of anilines is 3. The van der Waals surface area contributed by atoms with Crippen LogP contribution in [0.15, 0.2) is 30.5 Å². The third kappa shape index (κ3) is 3.92. The first-order valence-electron chi connectivity index (χ1n) is 9.88. The average Bonchev–Trinajstić information content (AvgIpc) is 2.73. The van der Waals surface area contributed by atoms with Gasteiger partial charge in [0.25, 0.3) is 5.91 Å². The van der Waals surface area contributed by atoms with E-state index in [1.54, 1.807) is 39.1 Å². The number of likely N-dealkylation sites (N-methyl/N-ethyl adjacent to an activating group) is 1. The number of nitrogens with two attached hydrogens (primary N) is 1. The fourth-order valence-electron chi connectivity index (χ4n) is 3.56. The average molecular weight is 491 g/mol. The minimum Gasteiger partial charge on any atom is -0.475 e. The maximum atomic E-state index is 12.7. The number of nitrogens with one attached hydrogen (secondary N) is 1. The Labute approximate surface area is 196 Å². The molecule has 3 aromatic rings. The monoisotopic (exact) mass is 490 g/mol. The highest BCUT2D eigenvalue weighted by atomic mass is 35.5. The van der Waals surface area contributed by atoms with Crippen LogP contribution in [-0.4, -0.2) is 55.3 Å². The predicted octanol–water partition coefficient (Wildman–Crippen LogP) is 2.88. The molecule has 3 N–H and O–H groups in total. The summed E-state index contributed by atoms with van der Waals surface area (Å²) in [4.78, 5) is 22.7. The van der Waals surface area contributed by atoms with Crippen molar-refractivity contribution in [2.24, 2.45) is 0 Å². The molecule has 4 rings (SSSR count). The van der Waals surface area contributed by atoms with Gasteiger partial charge in [-0.25, -0.2) is 9.97 Å². The number of nitrogens with zero attached hydrogens (tertiary/aromatic N) is 4. The highest BCUT2D eigenvalue weighted by Gasteiger charge is 2.41. The van der Waals surface area contributed by atoms with Gasteiger partial charge < -0.3 is 15.4 Å². The van der Waals surface area contributed by atoms with E-state index < -0.39 is 15.8 Å². The van der Waals surface area contributed by atoms with Crippen LogP contribution in [0.1, 0.15) is 13.8 Å². The Morgan fingerprint density at radius 2 is 1.91 bits per heavy atom. The van der Waals surface area contributed by atoms with Gasteiger partial charge in [-0.2, -0.15) is 12.7 Å². The summed E-state index contributed by atoms with van der Waals surface area (Å²) in [5.74, 6) is 0.394. The van der Waals surface area contributed by atoms with Gasteiger partial charge in [-0.1, -0.05) is 17.7 Å². The molecule has 12 heteroatoms. The molecule has 174 valence electrons. The van der Waals surface area contributed by atoms with Gasteiger partial charge in [-0.15, -0.1) is 0 Å². The lowest BCUT2D eigenvalue weighted by Crippen LogP contribution is -2.51. The molecule has 33 heavy (non-hydrogen) atoms. The van der Waals surface area contributed by atoms with E-state index in [2.05, 4.69) is 14.7 Å². The van der Waals surface area contributed by atoms with Crippen LogP contribution in [0.2, 0.25) is 5.15 Å². The molecule has 1 amide bonds. The van der Waals surface area contributed by atoms with Gasteiger partial charge in [-0.3, -0.25) is 9.52 Å². The first kappa shape index (κ1) is 23.0. The molecule has 0 fully saturated rings. The van der Waals surface area contributed by atoms with Crippen molar-refractivity contribution in [3.05, 3.63) is 35.6 Å². The molecule has 0 bridgehead atoms. The Hall–Kier alpha value is -3.15. The van der Waals surface area contributed by atoms with Crippen LogP contribution in [-0.2, 0) is 15.0 Å². The smallest absolute Gasteiger partial charge is 0.301 e. The Morgan fingerprint density at radius 3 is 2.58 bits per heavy atom. The molecule has 10 nitrogen and oxygen atoms in total. The van der Waals surface area contributed by atoms with E-state index in [0.717, 1.165) is 4.31 Å². The largest absolute Gasteiger partial charge is 0.475 e. The zero-order valence-electron chi connectivity index (χ0n) is 18.7. The topological polar surface area (TPSA) is 131 Å². The summed E-state index contributed by atoms with van der Waals surface area (Å²) in [6, 6.07) is 7.00. The van der Waals surface area contributed by atoms with Crippen LogP contribution < -0.4 is 20.1 Å². The second-order valence-electron chi connectivity index (χ2n) is 8.34. The first-order valence-corrected chi connectivity index (χ1v) is 11.7. The number of rotatable bonds is 4. The summed E-state index contributed by atoms with van der Waals surface area (Å²) in [6.07, 6.45) is 1.54. The standard InChI is InChI=1S/C21H23ClN6O4S/c1-21(2)20(29)28(5)16-17(32-21)13-8-11(6-7-14(13)25-19(16)23)12-9-15(18(22)24-10-12)26-33(30,31)27(3)4/h6-10,26H,1-5H3,(H2,23,25). The molecule has 1 aliphatic heterocycles. The van der Waals surface area contributed by atoms with Gasteiger partial charge in [0.2, 0.25) is 0 Å². The van der Waals surface area contributed by atoms with E-state index in [-0.39, 0.29) is 22.6 Å². The van der Waals surface area contributed by atoms with Gasteiger partial charge in [0, 0.05) is 38.3 Å². The van der Waals surface area contributed by atoms with E-state index in [0.29, 0.717) is 33.5 Å². The summed E-state index contributed by atoms with van der Waals surface area (Å²) in [5, 5.41) is 0.663. The lowest BCUT2D eigenvalue weighted by molar-refractivity contribution is -0.132. The molecule has 0 spiro atoms. The summed E-state index contributed by atoms with van der Waals surface area (Å²) in [6.45, 7) is 3.38. The number of pyridine rings is 2. The van der Waals surface area contributed by atoms with Gasteiger partial charge in [0.15, 0.2) is 22.3 Å². The molecule has 2 aromatic heterocycles. The van der Waals surface area contributed by atoms with E-state index >= 15 is 0 Å². The maximum absolute atomic E-state index is 12.7. The lowest BCUT2D eigenvalue weighted by atomic mass is 10.0. The molecule has 0 unspecified atom stereocenters. The van der Waals surface area contributed by atoms with Crippen LogP contribution in [0.5, 0.6) is 5.75 Å². The first-order chi connectivity index (χ1) is 15.3. The van der Waals surface area contributed by atoms with Crippen molar-refractivity contribution in [1.82, 2.24) is 14.3 Å². The highest BCUT2D eigenvalue weighted by Crippen LogP contribution is 2.45. The van der Waals surface area contributed by atoms with Crippen molar-refractivity contribution < 1.29 is 17.9 Å². The number of hydrogen-bond donors (Lipinski definition) is 2. The molecule has 1 aliphatic rings. The predicted molar refractivity (Wildman–Crippen MR) is 129 cm³/mol. The number of amides is 1. The van der Waals surface area contributed by atoms with Crippen molar-refractivity contribution in [3.8, 4) is 16.9 Å². The number of benzene rings is 1. The van der Waals surface area contributed by atoms with Crippen molar-refractivity contribution >= 4 is 55.8 Å². The van der Waals surface area contributed by atoms with Crippen molar-refractivity contribution in [3.63, 3.8) is 0 Å². The Kier molecular flexibility index (Phi) is 5.38. The molecule has 0 aliphatic carbocycles. The summed E-state index contributed by atoms with van der Waals surface area (Å²) in [7, 11) is 0.669. The Morgan fingerprint density at radius 1 is 1.21 bits per heavy atom. The summed E-state index contributed by atoms with van der Waals surface area (Å²) >= 11 is 6.12. The van der Waals surface area contributed by atoms with E-state index in [1.165, 1.54) is 25.2 Å². The Balaban J connectivity index is 1.87. The summed E-state index contributed by atoms with van der Waals surface area (Å²) < 4.78 is 34.0. The fraction of sp³-hybridized carbons (Fsp3) is 0.286. The van der Waals surface area contributed by atoms with Gasteiger partial charge in [0.1, 0.15) is 5.69 Å². The second-order valence-corrected chi connectivity index (χ2v) is 10.6. The quantitative estimate of drug-likeness (QED) is 0.537. The van der Waals surface area contributed by atoms with E-state index in [9.17, 15) is 13.2 Å². The zero-order chi connectivity index (χ0) is 24.3. The number of hydrogen-bond acceptors (Lipinski definition) is 7. The third-order valence-corrected chi connectivity index (χ3v) is 7.08. The maximum Gasteiger partial charge on any atom is 0.301 e. The second kappa shape index (κ2) is 7.72. The van der Waals surface area contributed by atoms with Crippen LogP contribution in [0, 0.1) is 0 Å². The summed E-state index contributed by atoms with van der Waals surface area (Å²) in [5.41, 5.74) is 7.51. The van der Waals surface area contributed by atoms with Gasteiger partial charge in [0.05, 0.1) is 11.2 Å². The normalized spacial score (nSPS) is 15.5. The number of carbonyl (C=O) groups is 1. The molecular weight excluding hydrogens is 468 g/mol. The highest BCUT2D eigenvalue weighted by molar-refractivity contribution is 7.90. The number of nitrogen functional groups attached to an aromatic ring is 1. The van der Waals surface area contributed by atoms with Gasteiger partial charge >= 0.3 is 10.2 Å². The van der Waals surface area contributed by atoms with Crippen molar-refractivity contribution in [1.29, 1.82) is 0 Å². The molecule has 0 saturated heterocycles. The SMILES string of the molecule is CN1C(=O)C(C)(C)Oc2c1c(N)nc1ccc(-c3cnc(Cl)c(NS(=O)(=O)N(C)C)c3)cc21. The van der Waals surface area contributed by atoms with Crippen molar-refractivity contribution in [2.45, 2.75) is 19.4 Å². The van der Waals surface area contributed by atoms with Gasteiger partial charge in [-0.05, 0) is 37.6 Å². The van der Waals surface area contributed by atoms with Crippen LogP contribution in [0.3, 0.4) is 0 Å². The van der Waals surface area contributed by atoms with E-state index in [4.69, 9.17) is 22.1 Å². The third-order valence-electron chi connectivity index (χ3n) is 5.34. The Bertz CT molecular complexity index is 1410. The van der Waals surface area contributed by atoms with Crippen molar-refractivity contribution in [2.75, 3.05) is 36.5 Å². The fourth-order valence-corrected chi connectivity index (χ4v) is 4.38. The number of ether oxygens (including phenoxy) is 1. The molecular formula is C21H23ClN6O4S. The molecule has 1 aromatic carbocycles. The number of carbonyl (C=O) groups excluding carboxylic acids is 1. The lowest BCUT2D eigenvalue weighted by Gasteiger charge is -2.37. The van der Waals surface area contributed by atoms with Crippen LogP contribution >= 0.6 is 11.6 Å². The van der Waals surface area contributed by atoms with E-state index in [1.807, 2.05) is 6.07 Å². The zero-order valence-corrected chi connectivity index (χ0v) is 20.2. The molecule has 0 radical (unpaired) electrons. The minimum atomic E-state index is -3.77. The number of aromatic nitrogens is 2.